The second-order valence-electron chi connectivity index (χ2n) is 9.19. The molecule has 29 heavy (non-hydrogen) atoms. The van der Waals surface area contributed by atoms with Crippen LogP contribution in [-0.2, 0) is 12.8 Å². The normalized spacial score (nSPS) is 19.8. The van der Waals surface area contributed by atoms with E-state index in [0.29, 0.717) is 24.7 Å². The second-order valence-corrected chi connectivity index (χ2v) is 9.19. The molecule has 0 bridgehead atoms. The van der Waals surface area contributed by atoms with E-state index in [1.165, 1.54) is 0 Å². The first kappa shape index (κ1) is 19.8. The maximum Gasteiger partial charge on any atom is 0.276 e. The number of methoxy groups -OCH3 is 1. The predicted octanol–water partition coefficient (Wildman–Crippen LogP) is 3.80. The number of hydrogen-bond donors (Lipinski definition) is 0. The number of aromatic nitrogens is 1. The lowest BCUT2D eigenvalue weighted by molar-refractivity contribution is 0.0734. The molecule has 0 unspecified atom stereocenters. The molecule has 6 heteroatoms. The standard InChI is InChI=1S/C23H31N3O3/c1-23(2,3)16-9-10-19-17(15-16)21(24-29-19)22(27)26-13-11-25(12-14-26)18-7-5-6-8-20(18)28-4/h5-8,16H,9-15H2,1-4H3/t16-/m1/s1. The first-order chi connectivity index (χ1) is 13.9. The Kier molecular flexibility index (Phi) is 5.28. The summed E-state index contributed by atoms with van der Waals surface area (Å²) in [5.74, 6) is 2.32. The van der Waals surface area contributed by atoms with Gasteiger partial charge >= 0.3 is 0 Å². The highest BCUT2D eigenvalue weighted by Gasteiger charge is 2.35. The number of nitrogens with zero attached hydrogens (tertiary/aromatic N) is 3. The molecule has 156 valence electrons. The van der Waals surface area contributed by atoms with E-state index in [1.54, 1.807) is 7.11 Å². The van der Waals surface area contributed by atoms with E-state index in [-0.39, 0.29) is 11.3 Å². The number of aryl methyl sites for hydroxylation is 1. The Hall–Kier alpha value is -2.50. The zero-order chi connectivity index (χ0) is 20.6. The van der Waals surface area contributed by atoms with Gasteiger partial charge in [0.15, 0.2) is 5.69 Å². The molecular formula is C23H31N3O3. The van der Waals surface area contributed by atoms with Crippen molar-refractivity contribution >= 4 is 11.6 Å². The molecule has 1 fully saturated rings. The van der Waals surface area contributed by atoms with E-state index < -0.39 is 0 Å². The van der Waals surface area contributed by atoms with Crippen LogP contribution >= 0.6 is 0 Å². The fourth-order valence-corrected chi connectivity index (χ4v) is 4.50. The Morgan fingerprint density at radius 2 is 1.90 bits per heavy atom. The van der Waals surface area contributed by atoms with E-state index in [0.717, 1.165) is 55.1 Å². The summed E-state index contributed by atoms with van der Waals surface area (Å²) in [5, 5.41) is 4.19. The molecule has 1 aliphatic carbocycles. The van der Waals surface area contributed by atoms with E-state index in [9.17, 15) is 4.79 Å². The van der Waals surface area contributed by atoms with Gasteiger partial charge in [0.05, 0.1) is 12.8 Å². The van der Waals surface area contributed by atoms with Gasteiger partial charge in [0, 0.05) is 38.2 Å². The Labute approximate surface area is 172 Å². The van der Waals surface area contributed by atoms with Gasteiger partial charge in [-0.2, -0.15) is 0 Å². The van der Waals surface area contributed by atoms with Crippen LogP contribution in [0, 0.1) is 11.3 Å². The molecule has 0 saturated carbocycles. The van der Waals surface area contributed by atoms with Crippen molar-refractivity contribution in [2.24, 2.45) is 11.3 Å². The van der Waals surface area contributed by atoms with Gasteiger partial charge < -0.3 is 19.1 Å². The van der Waals surface area contributed by atoms with Gasteiger partial charge in [-0.25, -0.2) is 0 Å². The lowest BCUT2D eigenvalue weighted by atomic mass is 9.71. The van der Waals surface area contributed by atoms with Gasteiger partial charge in [0.25, 0.3) is 5.91 Å². The van der Waals surface area contributed by atoms with Crippen LogP contribution in [0.15, 0.2) is 28.8 Å². The molecule has 1 atom stereocenters. The highest BCUT2D eigenvalue weighted by molar-refractivity contribution is 5.94. The van der Waals surface area contributed by atoms with Crippen molar-refractivity contribution in [1.82, 2.24) is 10.1 Å². The molecule has 0 N–H and O–H groups in total. The summed E-state index contributed by atoms with van der Waals surface area (Å²) in [5.41, 5.74) is 2.86. The summed E-state index contributed by atoms with van der Waals surface area (Å²) >= 11 is 0. The zero-order valence-corrected chi connectivity index (χ0v) is 17.9. The van der Waals surface area contributed by atoms with Crippen LogP contribution in [0.25, 0.3) is 0 Å². The number of carbonyl (C=O) groups is 1. The number of anilines is 1. The van der Waals surface area contributed by atoms with Gasteiger partial charge in [0.1, 0.15) is 11.5 Å². The molecule has 0 radical (unpaired) electrons. The third kappa shape index (κ3) is 3.85. The number of rotatable bonds is 3. The fraction of sp³-hybridized carbons (Fsp3) is 0.565. The summed E-state index contributed by atoms with van der Waals surface area (Å²) in [4.78, 5) is 17.4. The largest absolute Gasteiger partial charge is 0.495 e. The molecule has 1 aromatic carbocycles. The minimum Gasteiger partial charge on any atom is -0.495 e. The molecule has 1 amide bonds. The quantitative estimate of drug-likeness (QED) is 0.789. The average Bonchev–Trinajstić information content (AvgIpc) is 3.16. The SMILES string of the molecule is COc1ccccc1N1CCN(C(=O)c2noc3c2C[C@H](C(C)(C)C)CC3)CC1. The molecule has 1 aliphatic heterocycles. The molecule has 2 aliphatic rings. The number of ether oxygens (including phenoxy) is 1. The van der Waals surface area contributed by atoms with Crippen molar-refractivity contribution in [2.45, 2.75) is 40.0 Å². The molecule has 4 rings (SSSR count). The summed E-state index contributed by atoms with van der Waals surface area (Å²) in [6, 6.07) is 8.03. The van der Waals surface area contributed by atoms with E-state index >= 15 is 0 Å². The van der Waals surface area contributed by atoms with Gasteiger partial charge in [-0.15, -0.1) is 0 Å². The van der Waals surface area contributed by atoms with Crippen molar-refractivity contribution in [1.29, 1.82) is 0 Å². The summed E-state index contributed by atoms with van der Waals surface area (Å²) in [6.07, 6.45) is 2.85. The van der Waals surface area contributed by atoms with E-state index in [1.807, 2.05) is 23.1 Å². The van der Waals surface area contributed by atoms with Gasteiger partial charge in [-0.05, 0) is 36.3 Å². The van der Waals surface area contributed by atoms with Crippen LogP contribution in [0.3, 0.4) is 0 Å². The minimum atomic E-state index is 0.00392. The summed E-state index contributed by atoms with van der Waals surface area (Å²) in [6.45, 7) is 9.70. The number of fused-ring (bicyclic) bond motifs is 1. The predicted molar refractivity (Wildman–Crippen MR) is 113 cm³/mol. The Morgan fingerprint density at radius 1 is 1.17 bits per heavy atom. The lowest BCUT2D eigenvalue weighted by Gasteiger charge is -2.36. The van der Waals surface area contributed by atoms with Gasteiger partial charge in [-0.3, -0.25) is 4.79 Å². The number of hydrogen-bond acceptors (Lipinski definition) is 5. The van der Waals surface area contributed by atoms with Crippen molar-refractivity contribution < 1.29 is 14.1 Å². The number of benzene rings is 1. The number of carbonyl (C=O) groups excluding carboxylic acids is 1. The molecule has 1 aromatic heterocycles. The summed E-state index contributed by atoms with van der Waals surface area (Å²) in [7, 11) is 1.69. The molecular weight excluding hydrogens is 366 g/mol. The zero-order valence-electron chi connectivity index (χ0n) is 17.9. The fourth-order valence-electron chi connectivity index (χ4n) is 4.50. The second kappa shape index (κ2) is 7.73. The molecule has 2 heterocycles. The first-order valence-electron chi connectivity index (χ1n) is 10.5. The smallest absolute Gasteiger partial charge is 0.276 e. The van der Waals surface area contributed by atoms with Crippen molar-refractivity contribution in [3.63, 3.8) is 0 Å². The topological polar surface area (TPSA) is 58.8 Å². The minimum absolute atomic E-state index is 0.00392. The maximum absolute atomic E-state index is 13.2. The number of piperazine rings is 1. The third-order valence-corrected chi connectivity index (χ3v) is 6.46. The van der Waals surface area contributed by atoms with Crippen molar-refractivity contribution in [2.75, 3.05) is 38.2 Å². The van der Waals surface area contributed by atoms with Crippen molar-refractivity contribution in [3.8, 4) is 5.75 Å². The Balaban J connectivity index is 1.46. The third-order valence-electron chi connectivity index (χ3n) is 6.46. The highest BCUT2D eigenvalue weighted by atomic mass is 16.5. The van der Waals surface area contributed by atoms with Crippen LogP contribution in [-0.4, -0.2) is 49.3 Å². The highest BCUT2D eigenvalue weighted by Crippen LogP contribution is 2.38. The van der Waals surface area contributed by atoms with Crippen LogP contribution in [0.4, 0.5) is 5.69 Å². The van der Waals surface area contributed by atoms with Crippen LogP contribution in [0.5, 0.6) is 5.75 Å². The average molecular weight is 398 g/mol. The Morgan fingerprint density at radius 3 is 2.59 bits per heavy atom. The van der Waals surface area contributed by atoms with Crippen LogP contribution < -0.4 is 9.64 Å². The van der Waals surface area contributed by atoms with E-state index in [4.69, 9.17) is 9.26 Å². The molecule has 2 aromatic rings. The summed E-state index contributed by atoms with van der Waals surface area (Å²) < 4.78 is 11.0. The molecule has 0 spiro atoms. The number of amides is 1. The van der Waals surface area contributed by atoms with Crippen molar-refractivity contribution in [3.05, 3.63) is 41.3 Å². The molecule has 1 saturated heterocycles. The van der Waals surface area contributed by atoms with Gasteiger partial charge in [-0.1, -0.05) is 38.1 Å². The molecule has 6 nitrogen and oxygen atoms in total. The van der Waals surface area contributed by atoms with Crippen LogP contribution in [0.2, 0.25) is 0 Å². The van der Waals surface area contributed by atoms with Gasteiger partial charge in [0.2, 0.25) is 0 Å². The Bertz CT molecular complexity index is 876. The maximum atomic E-state index is 13.2. The monoisotopic (exact) mass is 397 g/mol. The lowest BCUT2D eigenvalue weighted by Crippen LogP contribution is -2.49. The number of para-hydroxylation sites is 2. The van der Waals surface area contributed by atoms with E-state index in [2.05, 4.69) is 36.9 Å². The first-order valence-corrected chi connectivity index (χ1v) is 10.5. The van der Waals surface area contributed by atoms with Crippen LogP contribution in [0.1, 0.15) is 49.0 Å².